The maximum Gasteiger partial charge on any atom is 0.303 e. The van der Waals surface area contributed by atoms with Crippen molar-refractivity contribution < 1.29 is 9.66 Å². The zero-order valence-corrected chi connectivity index (χ0v) is 9.32. The van der Waals surface area contributed by atoms with Gasteiger partial charge in [-0.3, -0.25) is 10.1 Å². The lowest BCUT2D eigenvalue weighted by Crippen LogP contribution is -1.97. The summed E-state index contributed by atoms with van der Waals surface area (Å²) < 4.78 is 4.87. The Hall–Kier alpha value is -1.80. The molecule has 0 saturated heterocycles. The number of hydrogen-bond acceptors (Lipinski definition) is 4. The Bertz CT molecular complexity index is 451. The van der Waals surface area contributed by atoms with Gasteiger partial charge < -0.3 is 4.74 Å². The molecule has 0 unspecified atom stereocenters. The van der Waals surface area contributed by atoms with Gasteiger partial charge in [-0.25, -0.2) is 0 Å². The van der Waals surface area contributed by atoms with Crippen LogP contribution in [0.2, 0.25) is 0 Å². The molecule has 0 aliphatic rings. The van der Waals surface area contributed by atoms with Gasteiger partial charge in [-0.15, -0.1) is 11.6 Å². The molecular formula is C10H9ClN2O3. The van der Waals surface area contributed by atoms with E-state index in [1.54, 1.807) is 0 Å². The van der Waals surface area contributed by atoms with Gasteiger partial charge in [0, 0.05) is 24.4 Å². The van der Waals surface area contributed by atoms with Crippen LogP contribution >= 0.6 is 11.6 Å². The molecule has 0 N–H and O–H groups in total. The maximum absolute atomic E-state index is 10.7. The molecule has 1 aromatic heterocycles. The van der Waals surface area contributed by atoms with Crippen LogP contribution < -0.4 is 4.74 Å². The van der Waals surface area contributed by atoms with Crippen LogP contribution in [0.1, 0.15) is 12.1 Å². The molecule has 0 bridgehead atoms. The number of ether oxygens (including phenoxy) is 1. The third kappa shape index (κ3) is 3.11. The van der Waals surface area contributed by atoms with E-state index in [0.29, 0.717) is 18.2 Å². The first kappa shape index (κ1) is 12.3. The summed E-state index contributed by atoms with van der Waals surface area (Å²) >= 11 is 5.45. The molecule has 0 fully saturated rings. The molecule has 5 nitrogen and oxygen atoms in total. The largest absolute Gasteiger partial charge is 0.481 e. The fourth-order valence-electron chi connectivity index (χ4n) is 0.980. The van der Waals surface area contributed by atoms with Gasteiger partial charge in [-0.2, -0.15) is 4.98 Å². The fourth-order valence-corrected chi connectivity index (χ4v) is 1.07. The van der Waals surface area contributed by atoms with E-state index in [-0.39, 0.29) is 11.4 Å². The van der Waals surface area contributed by atoms with Crippen molar-refractivity contribution in [1.82, 2.24) is 4.98 Å². The van der Waals surface area contributed by atoms with Gasteiger partial charge in [0.25, 0.3) is 0 Å². The van der Waals surface area contributed by atoms with Crippen molar-refractivity contribution in [2.45, 2.75) is 6.42 Å². The van der Waals surface area contributed by atoms with Crippen molar-refractivity contribution in [2.75, 3.05) is 13.0 Å². The van der Waals surface area contributed by atoms with Crippen LogP contribution in [0.25, 0.3) is 0 Å². The van der Waals surface area contributed by atoms with Crippen molar-refractivity contribution in [3.8, 4) is 17.7 Å². The van der Waals surface area contributed by atoms with Gasteiger partial charge in [-0.05, 0) is 5.92 Å². The number of pyridine rings is 1. The van der Waals surface area contributed by atoms with Gasteiger partial charge in [0.05, 0.1) is 12.0 Å². The standard InChI is InChI=1S/C10H9ClN2O3/c1-16-10-6-5-9(13(14)15)8(12-10)4-2-3-7-11/h5-6H,3,7H2,1H3. The first-order chi connectivity index (χ1) is 7.69. The van der Waals surface area contributed by atoms with E-state index in [1.165, 1.54) is 19.2 Å². The van der Waals surface area contributed by atoms with Crippen LogP contribution in [0, 0.1) is 22.0 Å². The van der Waals surface area contributed by atoms with Crippen LogP contribution in [0.15, 0.2) is 12.1 Å². The second-order valence-corrected chi connectivity index (χ2v) is 3.10. The molecule has 1 aromatic rings. The third-order valence-electron chi connectivity index (χ3n) is 1.68. The molecule has 0 radical (unpaired) electrons. The summed E-state index contributed by atoms with van der Waals surface area (Å²) in [6.07, 6.45) is 0.456. The first-order valence-corrected chi connectivity index (χ1v) is 4.96. The molecule has 0 aromatic carbocycles. The van der Waals surface area contributed by atoms with E-state index in [2.05, 4.69) is 16.8 Å². The molecule has 0 aliphatic carbocycles. The first-order valence-electron chi connectivity index (χ1n) is 4.43. The smallest absolute Gasteiger partial charge is 0.303 e. The average Bonchev–Trinajstić information content (AvgIpc) is 2.29. The second kappa shape index (κ2) is 5.93. The third-order valence-corrected chi connectivity index (χ3v) is 1.87. The van der Waals surface area contributed by atoms with E-state index >= 15 is 0 Å². The van der Waals surface area contributed by atoms with E-state index in [1.807, 2.05) is 0 Å². The minimum atomic E-state index is -0.531. The van der Waals surface area contributed by atoms with Gasteiger partial charge in [-0.1, -0.05) is 5.92 Å². The summed E-state index contributed by atoms with van der Waals surface area (Å²) in [5, 5.41) is 10.7. The number of aromatic nitrogens is 1. The molecule has 0 amide bonds. The summed E-state index contributed by atoms with van der Waals surface area (Å²) in [6, 6.07) is 2.74. The Balaban J connectivity index is 3.11. The molecule has 0 aliphatic heterocycles. The number of nitro groups is 1. The number of alkyl halides is 1. The Morgan fingerprint density at radius 1 is 1.62 bits per heavy atom. The highest BCUT2D eigenvalue weighted by atomic mass is 35.5. The molecular weight excluding hydrogens is 232 g/mol. The Morgan fingerprint density at radius 2 is 2.38 bits per heavy atom. The van der Waals surface area contributed by atoms with E-state index in [4.69, 9.17) is 16.3 Å². The monoisotopic (exact) mass is 240 g/mol. The van der Waals surface area contributed by atoms with Crippen LogP contribution in [0.4, 0.5) is 5.69 Å². The van der Waals surface area contributed by atoms with Crippen molar-refractivity contribution in [3.05, 3.63) is 27.9 Å². The Morgan fingerprint density at radius 3 is 2.94 bits per heavy atom. The predicted octanol–water partition coefficient (Wildman–Crippen LogP) is 1.98. The molecule has 84 valence electrons. The quantitative estimate of drug-likeness (QED) is 0.351. The van der Waals surface area contributed by atoms with Crippen molar-refractivity contribution in [3.63, 3.8) is 0 Å². The van der Waals surface area contributed by atoms with Crippen LogP contribution in [-0.2, 0) is 0 Å². The molecule has 1 rings (SSSR count). The van der Waals surface area contributed by atoms with E-state index in [0.717, 1.165) is 0 Å². The van der Waals surface area contributed by atoms with E-state index < -0.39 is 4.92 Å². The summed E-state index contributed by atoms with van der Waals surface area (Å²) in [7, 11) is 1.43. The fraction of sp³-hybridized carbons (Fsp3) is 0.300. The Kier molecular flexibility index (Phi) is 4.55. The van der Waals surface area contributed by atoms with Crippen molar-refractivity contribution in [2.24, 2.45) is 0 Å². The van der Waals surface area contributed by atoms with Gasteiger partial charge >= 0.3 is 5.69 Å². The molecule has 0 spiro atoms. The zero-order valence-electron chi connectivity index (χ0n) is 8.57. The van der Waals surface area contributed by atoms with Crippen LogP contribution in [0.3, 0.4) is 0 Å². The summed E-state index contributed by atoms with van der Waals surface area (Å²) in [5.41, 5.74) is -0.0441. The second-order valence-electron chi connectivity index (χ2n) is 2.72. The van der Waals surface area contributed by atoms with Crippen molar-refractivity contribution >= 4 is 17.3 Å². The number of hydrogen-bond donors (Lipinski definition) is 0. The molecule has 0 atom stereocenters. The van der Waals surface area contributed by atoms with Gasteiger partial charge in [0.1, 0.15) is 0 Å². The SMILES string of the molecule is COc1ccc([N+](=O)[O-])c(C#CCCCl)n1. The van der Waals surface area contributed by atoms with Gasteiger partial charge in [0.2, 0.25) is 5.88 Å². The molecule has 16 heavy (non-hydrogen) atoms. The lowest BCUT2D eigenvalue weighted by molar-refractivity contribution is -0.385. The lowest BCUT2D eigenvalue weighted by Gasteiger charge is -1.99. The highest BCUT2D eigenvalue weighted by molar-refractivity contribution is 6.18. The summed E-state index contributed by atoms with van der Waals surface area (Å²) in [6.45, 7) is 0. The number of rotatable bonds is 3. The molecule has 1 heterocycles. The van der Waals surface area contributed by atoms with Crippen LogP contribution in [-0.4, -0.2) is 22.9 Å². The predicted molar refractivity (Wildman–Crippen MR) is 59.7 cm³/mol. The van der Waals surface area contributed by atoms with Gasteiger partial charge in [0.15, 0.2) is 5.69 Å². The lowest BCUT2D eigenvalue weighted by atomic mass is 10.3. The minimum Gasteiger partial charge on any atom is -0.481 e. The normalized spacial score (nSPS) is 9.12. The Labute approximate surface area is 97.5 Å². The number of nitrogens with zero attached hydrogens (tertiary/aromatic N) is 2. The summed E-state index contributed by atoms with van der Waals surface area (Å²) in [4.78, 5) is 14.1. The minimum absolute atomic E-state index is 0.0921. The number of methoxy groups -OCH3 is 1. The number of halogens is 1. The highest BCUT2D eigenvalue weighted by Gasteiger charge is 2.14. The maximum atomic E-state index is 10.7. The van der Waals surface area contributed by atoms with E-state index in [9.17, 15) is 10.1 Å². The summed E-state index contributed by atoms with van der Waals surface area (Å²) in [5.74, 6) is 5.97. The molecule has 6 heteroatoms. The zero-order chi connectivity index (χ0) is 12.0. The highest BCUT2D eigenvalue weighted by Crippen LogP contribution is 2.18. The van der Waals surface area contributed by atoms with Crippen molar-refractivity contribution in [1.29, 1.82) is 0 Å². The molecule has 0 saturated carbocycles. The average molecular weight is 241 g/mol. The topological polar surface area (TPSA) is 65.3 Å². The van der Waals surface area contributed by atoms with Crippen LogP contribution in [0.5, 0.6) is 5.88 Å².